The number of anilines is 1. The van der Waals surface area contributed by atoms with Crippen molar-refractivity contribution in [1.82, 2.24) is 24.7 Å². The van der Waals surface area contributed by atoms with E-state index >= 15 is 0 Å². The van der Waals surface area contributed by atoms with Crippen LogP contribution in [0.15, 0.2) is 43.0 Å². The number of carbonyl (C=O) groups excluding carboxylic acids is 1. The molecule has 0 bridgehead atoms. The Morgan fingerprint density at radius 1 is 1.28 bits per heavy atom. The molecule has 1 aliphatic rings. The van der Waals surface area contributed by atoms with Gasteiger partial charge >= 0.3 is 0 Å². The number of unbranched alkanes of at least 4 members (excludes halogenated alkanes) is 1. The lowest BCUT2D eigenvalue weighted by molar-refractivity contribution is 0.0962. The van der Waals surface area contributed by atoms with Crippen molar-refractivity contribution in [3.05, 3.63) is 59.3 Å². The van der Waals surface area contributed by atoms with Gasteiger partial charge < -0.3 is 14.5 Å². The lowest BCUT2D eigenvalue weighted by Gasteiger charge is -2.26. The summed E-state index contributed by atoms with van der Waals surface area (Å²) in [5, 5.41) is 10.3. The third-order valence-electron chi connectivity index (χ3n) is 6.30. The van der Waals surface area contributed by atoms with Crippen LogP contribution in [-0.2, 0) is 19.5 Å². The van der Waals surface area contributed by atoms with Crippen LogP contribution in [-0.4, -0.2) is 37.1 Å². The summed E-state index contributed by atoms with van der Waals surface area (Å²) in [5.41, 5.74) is 2.46. The molecule has 8 heteroatoms. The van der Waals surface area contributed by atoms with Crippen molar-refractivity contribution in [1.29, 1.82) is 0 Å². The number of hydrogen-bond acceptors (Lipinski definition) is 6. The first-order valence-electron chi connectivity index (χ1n) is 11.4. The minimum Gasteiger partial charge on any atom is -0.361 e. The summed E-state index contributed by atoms with van der Waals surface area (Å²) in [6, 6.07) is 8.39. The SMILES string of the molecule is CCCCC(CC(=O)c1cnc(N2CCn3cnnc3C2)s1)Cc1c[nH]c2ccccc12. The number of nitrogens with zero attached hydrogens (tertiary/aromatic N) is 5. The molecule has 166 valence electrons. The quantitative estimate of drug-likeness (QED) is 0.370. The van der Waals surface area contributed by atoms with Gasteiger partial charge in [0.15, 0.2) is 16.7 Å². The van der Waals surface area contributed by atoms with Crippen molar-refractivity contribution in [2.75, 3.05) is 11.4 Å². The third-order valence-corrected chi connectivity index (χ3v) is 7.40. The van der Waals surface area contributed by atoms with Gasteiger partial charge in [-0.05, 0) is 30.4 Å². The summed E-state index contributed by atoms with van der Waals surface area (Å²) < 4.78 is 2.07. The van der Waals surface area contributed by atoms with Crippen LogP contribution in [0.3, 0.4) is 0 Å². The molecular formula is C24H28N6OS. The first-order valence-corrected chi connectivity index (χ1v) is 12.2. The molecular weight excluding hydrogens is 420 g/mol. The maximum atomic E-state index is 13.2. The van der Waals surface area contributed by atoms with Crippen LogP contribution in [0.25, 0.3) is 10.9 Å². The van der Waals surface area contributed by atoms with E-state index in [9.17, 15) is 4.79 Å². The van der Waals surface area contributed by atoms with Gasteiger partial charge in [0.05, 0.1) is 17.6 Å². The predicted octanol–water partition coefficient (Wildman–Crippen LogP) is 4.86. The number of para-hydroxylation sites is 1. The van der Waals surface area contributed by atoms with Crippen molar-refractivity contribution in [3.63, 3.8) is 0 Å². The zero-order valence-corrected chi connectivity index (χ0v) is 19.1. The number of thiazole rings is 1. The number of aromatic nitrogens is 5. The van der Waals surface area contributed by atoms with Gasteiger partial charge in [-0.15, -0.1) is 10.2 Å². The summed E-state index contributed by atoms with van der Waals surface area (Å²) in [7, 11) is 0. The van der Waals surface area contributed by atoms with E-state index in [-0.39, 0.29) is 5.78 Å². The Kier molecular flexibility index (Phi) is 6.03. The number of hydrogen-bond donors (Lipinski definition) is 1. The monoisotopic (exact) mass is 448 g/mol. The molecule has 0 aliphatic carbocycles. The average molecular weight is 449 g/mol. The highest BCUT2D eigenvalue weighted by Crippen LogP contribution is 2.30. The maximum absolute atomic E-state index is 13.2. The van der Waals surface area contributed by atoms with Crippen LogP contribution in [0.2, 0.25) is 0 Å². The maximum Gasteiger partial charge on any atom is 0.186 e. The number of ketones is 1. The number of aromatic amines is 1. The molecule has 1 unspecified atom stereocenters. The summed E-state index contributed by atoms with van der Waals surface area (Å²) >= 11 is 1.50. The third kappa shape index (κ3) is 4.32. The fourth-order valence-corrected chi connectivity index (χ4v) is 5.40. The molecule has 4 aromatic rings. The molecule has 0 amide bonds. The number of H-pyrrole nitrogens is 1. The van der Waals surface area contributed by atoms with E-state index in [0.29, 0.717) is 18.9 Å². The molecule has 0 saturated heterocycles. The summed E-state index contributed by atoms with van der Waals surface area (Å²) in [4.78, 5) is 24.1. The van der Waals surface area contributed by atoms with Crippen LogP contribution in [0.4, 0.5) is 5.13 Å². The molecule has 0 radical (unpaired) electrons. The van der Waals surface area contributed by atoms with E-state index in [1.165, 1.54) is 22.3 Å². The Labute approximate surface area is 191 Å². The molecule has 7 nitrogen and oxygen atoms in total. The normalized spacial score (nSPS) is 14.6. The van der Waals surface area contributed by atoms with Crippen molar-refractivity contribution in [2.45, 2.75) is 52.1 Å². The van der Waals surface area contributed by atoms with E-state index in [4.69, 9.17) is 0 Å². The molecule has 4 heterocycles. The molecule has 0 saturated carbocycles. The fourth-order valence-electron chi connectivity index (χ4n) is 4.51. The molecule has 32 heavy (non-hydrogen) atoms. The molecule has 0 fully saturated rings. The lowest BCUT2D eigenvalue weighted by atomic mass is 9.89. The zero-order chi connectivity index (χ0) is 21.9. The average Bonchev–Trinajstić information content (AvgIpc) is 3.56. The van der Waals surface area contributed by atoms with Gasteiger partial charge in [0.2, 0.25) is 0 Å². The van der Waals surface area contributed by atoms with Crippen molar-refractivity contribution in [3.8, 4) is 0 Å². The molecule has 1 aromatic carbocycles. The Hall–Kier alpha value is -3.00. The van der Waals surface area contributed by atoms with Crippen LogP contribution in [0.1, 0.15) is 53.7 Å². The largest absolute Gasteiger partial charge is 0.361 e. The topological polar surface area (TPSA) is 79.7 Å². The van der Waals surface area contributed by atoms with Crippen LogP contribution in [0, 0.1) is 5.92 Å². The highest BCUT2D eigenvalue weighted by Gasteiger charge is 2.23. The van der Waals surface area contributed by atoms with E-state index in [0.717, 1.165) is 60.1 Å². The number of rotatable bonds is 9. The van der Waals surface area contributed by atoms with E-state index in [1.807, 2.05) is 6.07 Å². The number of benzene rings is 1. The standard InChI is InChI=1S/C24H28N6OS/c1-2-3-6-17(11-18-13-25-20-8-5-4-7-19(18)20)12-21(31)22-14-26-24(32-22)29-9-10-30-16-27-28-23(30)15-29/h4-5,7-8,13-14,16-17,25H,2-3,6,9-12,15H2,1H3. The molecule has 1 N–H and O–H groups in total. The van der Waals surface area contributed by atoms with Gasteiger partial charge in [0.1, 0.15) is 6.33 Å². The zero-order valence-electron chi connectivity index (χ0n) is 18.3. The Bertz CT molecular complexity index is 1210. The second kappa shape index (κ2) is 9.24. The second-order valence-corrected chi connectivity index (χ2v) is 9.58. The summed E-state index contributed by atoms with van der Waals surface area (Å²) in [5.74, 6) is 1.48. The number of fused-ring (bicyclic) bond motifs is 2. The minimum atomic E-state index is 0.204. The van der Waals surface area contributed by atoms with E-state index in [2.05, 4.69) is 61.0 Å². The van der Waals surface area contributed by atoms with Gasteiger partial charge in [0, 0.05) is 36.6 Å². The first-order chi connectivity index (χ1) is 15.7. The second-order valence-electron chi connectivity index (χ2n) is 8.57. The number of nitrogens with one attached hydrogen (secondary N) is 1. The van der Waals surface area contributed by atoms with Gasteiger partial charge in [-0.2, -0.15) is 0 Å². The van der Waals surface area contributed by atoms with Crippen molar-refractivity contribution < 1.29 is 4.79 Å². The Morgan fingerprint density at radius 3 is 3.09 bits per heavy atom. The summed E-state index contributed by atoms with van der Waals surface area (Å²) in [6.45, 7) is 4.58. The number of Topliss-reactive ketones (excluding diaryl/α,β-unsaturated/α-hetero) is 1. The Balaban J connectivity index is 1.27. The minimum absolute atomic E-state index is 0.204. The van der Waals surface area contributed by atoms with Crippen LogP contribution in [0.5, 0.6) is 0 Å². The van der Waals surface area contributed by atoms with Crippen LogP contribution < -0.4 is 4.90 Å². The van der Waals surface area contributed by atoms with Crippen molar-refractivity contribution >= 4 is 33.2 Å². The van der Waals surface area contributed by atoms with E-state index < -0.39 is 0 Å². The van der Waals surface area contributed by atoms with Gasteiger partial charge in [-0.25, -0.2) is 4.98 Å². The highest BCUT2D eigenvalue weighted by molar-refractivity contribution is 7.17. The van der Waals surface area contributed by atoms with Crippen molar-refractivity contribution in [2.24, 2.45) is 5.92 Å². The van der Waals surface area contributed by atoms with E-state index in [1.54, 1.807) is 12.5 Å². The lowest BCUT2D eigenvalue weighted by Crippen LogP contribution is -2.33. The Morgan fingerprint density at radius 2 is 2.19 bits per heavy atom. The molecule has 3 aromatic heterocycles. The molecule has 1 atom stereocenters. The predicted molar refractivity (Wildman–Crippen MR) is 127 cm³/mol. The first kappa shape index (κ1) is 20.9. The molecule has 1 aliphatic heterocycles. The highest BCUT2D eigenvalue weighted by atomic mass is 32.1. The smallest absolute Gasteiger partial charge is 0.186 e. The van der Waals surface area contributed by atoms with Gasteiger partial charge in [0.25, 0.3) is 0 Å². The van der Waals surface area contributed by atoms with Gasteiger partial charge in [-0.3, -0.25) is 4.79 Å². The fraction of sp³-hybridized carbons (Fsp3) is 0.417. The molecule has 5 rings (SSSR count). The van der Waals surface area contributed by atoms with Crippen LogP contribution >= 0.6 is 11.3 Å². The van der Waals surface area contributed by atoms with Gasteiger partial charge in [-0.1, -0.05) is 49.3 Å². The summed E-state index contributed by atoms with van der Waals surface area (Å²) in [6.07, 6.45) is 10.5. The number of carbonyl (C=O) groups is 1. The molecule has 0 spiro atoms.